The van der Waals surface area contributed by atoms with E-state index >= 15 is 0 Å². The Hall–Kier alpha value is -0.990. The highest BCUT2D eigenvalue weighted by atomic mass is 16.1. The van der Waals surface area contributed by atoms with Gasteiger partial charge in [-0.3, -0.25) is 0 Å². The Kier molecular flexibility index (Phi) is 5.95. The number of carbonyl (C=O) groups excluding carboxylic acids is 3. The van der Waals surface area contributed by atoms with Crippen LogP contribution in [-0.4, -0.2) is 18.9 Å². The highest BCUT2D eigenvalue weighted by Gasteiger charge is 2.65. The van der Waals surface area contributed by atoms with Crippen molar-refractivity contribution in [2.45, 2.75) is 79.6 Å². The molecule has 0 aromatic carbocycles. The van der Waals surface area contributed by atoms with Crippen molar-refractivity contribution in [1.29, 1.82) is 0 Å². The Balaban J connectivity index is 2.51. The Labute approximate surface area is 153 Å². The lowest BCUT2D eigenvalue weighted by atomic mass is 9.38. The van der Waals surface area contributed by atoms with Crippen LogP contribution in [0.3, 0.4) is 0 Å². The molecule has 6 atom stereocenters. The van der Waals surface area contributed by atoms with Gasteiger partial charge in [-0.05, 0) is 54.8 Å². The van der Waals surface area contributed by atoms with Gasteiger partial charge in [0.2, 0.25) is 0 Å². The summed E-state index contributed by atoms with van der Waals surface area (Å²) in [5.41, 5.74) is -1.77. The molecule has 2 aliphatic carbocycles. The zero-order chi connectivity index (χ0) is 18.9. The molecule has 2 fully saturated rings. The molecule has 2 rings (SSSR count). The lowest BCUT2D eigenvalue weighted by molar-refractivity contribution is -0.184. The second kappa shape index (κ2) is 7.32. The third kappa shape index (κ3) is 3.02. The van der Waals surface area contributed by atoms with Gasteiger partial charge in [0, 0.05) is 5.41 Å². The predicted octanol–water partition coefficient (Wildman–Crippen LogP) is 4.86. The summed E-state index contributed by atoms with van der Waals surface area (Å²) >= 11 is 0. The number of rotatable bonds is 7. The molecule has 3 heteroatoms. The molecule has 142 valence electrons. The molecule has 3 nitrogen and oxygen atoms in total. The molecule has 0 saturated heterocycles. The summed E-state index contributed by atoms with van der Waals surface area (Å²) in [5, 5.41) is 0. The van der Waals surface area contributed by atoms with Gasteiger partial charge in [0.15, 0.2) is 0 Å². The SMILES string of the molecule is CC[C@@H](C)CC[C@H]1[C@@H](C)CC[C@H]2C(C)(C=O)CCC(C=O)(C=O)[C@]12C. The monoisotopic (exact) mass is 348 g/mol. The number of hydrogen-bond donors (Lipinski definition) is 0. The second-order valence-corrected chi connectivity index (χ2v) is 9.49. The molecule has 0 N–H and O–H groups in total. The lowest BCUT2D eigenvalue weighted by Crippen LogP contribution is -2.63. The summed E-state index contributed by atoms with van der Waals surface area (Å²) in [4.78, 5) is 36.4. The van der Waals surface area contributed by atoms with Crippen LogP contribution in [0.1, 0.15) is 79.6 Å². The maximum absolute atomic E-state index is 12.2. The average molecular weight is 349 g/mol. The normalized spacial score (nSPS) is 41.4. The highest BCUT2D eigenvalue weighted by Crippen LogP contribution is 2.67. The summed E-state index contributed by atoms with van der Waals surface area (Å²) in [6.07, 6.45) is 9.45. The van der Waals surface area contributed by atoms with Gasteiger partial charge in [0.25, 0.3) is 0 Å². The van der Waals surface area contributed by atoms with E-state index in [0.717, 1.165) is 51.0 Å². The molecular weight excluding hydrogens is 312 g/mol. The molecule has 0 spiro atoms. The van der Waals surface area contributed by atoms with Gasteiger partial charge in [-0.15, -0.1) is 0 Å². The van der Waals surface area contributed by atoms with Crippen molar-refractivity contribution in [3.05, 3.63) is 0 Å². The van der Waals surface area contributed by atoms with Crippen LogP contribution in [0.25, 0.3) is 0 Å². The van der Waals surface area contributed by atoms with E-state index in [1.807, 2.05) is 6.92 Å². The van der Waals surface area contributed by atoms with E-state index in [1.54, 1.807) is 0 Å². The fraction of sp³-hybridized carbons (Fsp3) is 0.864. The summed E-state index contributed by atoms with van der Waals surface area (Å²) in [5.74, 6) is 1.56. The Morgan fingerprint density at radius 1 is 1.04 bits per heavy atom. The molecule has 0 heterocycles. The number of fused-ring (bicyclic) bond motifs is 1. The van der Waals surface area contributed by atoms with Gasteiger partial charge >= 0.3 is 0 Å². The summed E-state index contributed by atoms with van der Waals surface area (Å²) in [6, 6.07) is 0. The largest absolute Gasteiger partial charge is 0.303 e. The van der Waals surface area contributed by atoms with Crippen molar-refractivity contribution in [3.8, 4) is 0 Å². The molecule has 25 heavy (non-hydrogen) atoms. The minimum atomic E-state index is -0.936. The van der Waals surface area contributed by atoms with Crippen molar-refractivity contribution >= 4 is 18.9 Å². The smallest absolute Gasteiger partial charge is 0.133 e. The van der Waals surface area contributed by atoms with Gasteiger partial charge in [-0.1, -0.05) is 53.9 Å². The molecule has 0 bridgehead atoms. The van der Waals surface area contributed by atoms with Gasteiger partial charge in [0.1, 0.15) is 18.9 Å². The zero-order valence-corrected chi connectivity index (χ0v) is 16.7. The van der Waals surface area contributed by atoms with Gasteiger partial charge in [-0.2, -0.15) is 0 Å². The van der Waals surface area contributed by atoms with Crippen LogP contribution >= 0.6 is 0 Å². The molecule has 1 unspecified atom stereocenters. The number of aldehydes is 3. The van der Waals surface area contributed by atoms with Gasteiger partial charge in [0.05, 0.1) is 5.41 Å². The van der Waals surface area contributed by atoms with Crippen molar-refractivity contribution < 1.29 is 14.4 Å². The van der Waals surface area contributed by atoms with Gasteiger partial charge < -0.3 is 14.4 Å². The van der Waals surface area contributed by atoms with Crippen molar-refractivity contribution in [3.63, 3.8) is 0 Å². The van der Waals surface area contributed by atoms with Crippen LogP contribution in [0, 0.1) is 39.9 Å². The van der Waals surface area contributed by atoms with E-state index in [1.165, 1.54) is 0 Å². The fourth-order valence-corrected chi connectivity index (χ4v) is 6.18. The Morgan fingerprint density at radius 3 is 2.20 bits per heavy atom. The summed E-state index contributed by atoms with van der Waals surface area (Å²) < 4.78 is 0. The van der Waals surface area contributed by atoms with Gasteiger partial charge in [-0.25, -0.2) is 0 Å². The third-order valence-electron chi connectivity index (χ3n) is 8.33. The first-order valence-electron chi connectivity index (χ1n) is 10.1. The first kappa shape index (κ1) is 20.3. The minimum absolute atomic E-state index is 0.111. The summed E-state index contributed by atoms with van der Waals surface area (Å²) in [6.45, 7) is 11.0. The summed E-state index contributed by atoms with van der Waals surface area (Å²) in [7, 11) is 0. The molecule has 0 aromatic heterocycles. The molecule has 0 aromatic rings. The van der Waals surface area contributed by atoms with Crippen molar-refractivity contribution in [2.24, 2.45) is 39.9 Å². The van der Waals surface area contributed by atoms with Crippen LogP contribution in [0.15, 0.2) is 0 Å². The van der Waals surface area contributed by atoms with E-state index in [0.29, 0.717) is 30.6 Å². The predicted molar refractivity (Wildman–Crippen MR) is 100 cm³/mol. The highest BCUT2D eigenvalue weighted by molar-refractivity contribution is 5.86. The maximum Gasteiger partial charge on any atom is 0.133 e. The molecular formula is C22H36O3. The topological polar surface area (TPSA) is 51.2 Å². The van der Waals surface area contributed by atoms with Crippen molar-refractivity contribution in [2.75, 3.05) is 0 Å². The van der Waals surface area contributed by atoms with Crippen LogP contribution in [0.5, 0.6) is 0 Å². The molecule has 2 aliphatic rings. The quantitative estimate of drug-likeness (QED) is 0.487. The molecule has 0 aliphatic heterocycles. The minimum Gasteiger partial charge on any atom is -0.303 e. The first-order chi connectivity index (χ1) is 11.7. The Bertz CT molecular complexity index is 505. The zero-order valence-electron chi connectivity index (χ0n) is 16.7. The standard InChI is InChI=1S/C22H36O3/c1-6-16(2)7-9-18-17(3)8-10-19-20(4,13-23)11-12-22(14-24,15-25)21(18,19)5/h13-19H,6-12H2,1-5H3/t16-,17+,18+,19+,20?,21-/m1/s1. The second-order valence-electron chi connectivity index (χ2n) is 9.49. The van der Waals surface area contributed by atoms with E-state index in [-0.39, 0.29) is 5.92 Å². The van der Waals surface area contributed by atoms with Crippen LogP contribution in [0.2, 0.25) is 0 Å². The third-order valence-corrected chi connectivity index (χ3v) is 8.33. The van der Waals surface area contributed by atoms with Crippen molar-refractivity contribution in [1.82, 2.24) is 0 Å². The lowest BCUT2D eigenvalue weighted by Gasteiger charge is -2.64. The van der Waals surface area contributed by atoms with E-state index in [9.17, 15) is 14.4 Å². The van der Waals surface area contributed by atoms with Crippen LogP contribution in [0.4, 0.5) is 0 Å². The first-order valence-corrected chi connectivity index (χ1v) is 10.1. The van der Waals surface area contributed by atoms with E-state index in [2.05, 4.69) is 27.7 Å². The molecule has 0 radical (unpaired) electrons. The molecule has 2 saturated carbocycles. The van der Waals surface area contributed by atoms with Crippen LogP contribution in [-0.2, 0) is 14.4 Å². The number of carbonyl (C=O) groups is 3. The Morgan fingerprint density at radius 2 is 1.68 bits per heavy atom. The maximum atomic E-state index is 12.2. The van der Waals surface area contributed by atoms with E-state index in [4.69, 9.17) is 0 Å². The number of hydrogen-bond acceptors (Lipinski definition) is 3. The average Bonchev–Trinajstić information content (AvgIpc) is 2.61. The van der Waals surface area contributed by atoms with E-state index < -0.39 is 16.2 Å². The van der Waals surface area contributed by atoms with Crippen LogP contribution < -0.4 is 0 Å². The fourth-order valence-electron chi connectivity index (χ4n) is 6.18. The molecule has 0 amide bonds.